The Morgan fingerprint density at radius 1 is 1.36 bits per heavy atom. The molecule has 0 aliphatic heterocycles. The summed E-state index contributed by atoms with van der Waals surface area (Å²) in [6.45, 7) is 0. The Morgan fingerprint density at radius 2 is 1.91 bits per heavy atom. The summed E-state index contributed by atoms with van der Waals surface area (Å²) >= 11 is 9.25. The molecule has 0 unspecified atom stereocenters. The summed E-state index contributed by atoms with van der Waals surface area (Å²) in [5.41, 5.74) is 0.451. The van der Waals surface area contributed by atoms with Crippen LogP contribution >= 0.6 is 24.2 Å². The molecule has 0 amide bonds. The smallest absolute Gasteiger partial charge is 0.253 e. The Morgan fingerprint density at radius 3 is 2.27 bits per heavy atom. The van der Waals surface area contributed by atoms with E-state index in [1.165, 1.54) is 0 Å². The van der Waals surface area contributed by atoms with Gasteiger partial charge in [-0.3, -0.25) is 4.79 Å². The van der Waals surface area contributed by atoms with Gasteiger partial charge in [-0.1, -0.05) is 12.1 Å². The van der Waals surface area contributed by atoms with Crippen molar-refractivity contribution >= 4 is 29.5 Å². The molecule has 0 aliphatic carbocycles. The monoisotopic (exact) mass is 236 g/mol. The first-order valence-electron chi connectivity index (χ1n) is 2.69. The molecule has 0 bridgehead atoms. The molecular formula is C7H5ClOSZn. The zero-order chi connectivity index (χ0) is 7.56. The summed E-state index contributed by atoms with van der Waals surface area (Å²) in [5.74, 6) is 0. The molecular weight excluding hydrogens is 233 g/mol. The number of rotatable bonds is 1. The van der Waals surface area contributed by atoms with Gasteiger partial charge in [0.25, 0.3) is 5.24 Å². The largest absolute Gasteiger partial charge is 0.276 e. The fourth-order valence-electron chi connectivity index (χ4n) is 0.640. The van der Waals surface area contributed by atoms with Gasteiger partial charge in [-0.15, -0.1) is 12.6 Å². The molecule has 0 atom stereocenters. The fourth-order valence-corrected chi connectivity index (χ4v) is 1.13. The van der Waals surface area contributed by atoms with Crippen molar-refractivity contribution in [2.75, 3.05) is 0 Å². The predicted octanol–water partition coefficient (Wildman–Crippen LogP) is 2.35. The quantitative estimate of drug-likeness (QED) is 0.451. The van der Waals surface area contributed by atoms with Crippen molar-refractivity contribution < 1.29 is 24.3 Å². The van der Waals surface area contributed by atoms with Crippen molar-refractivity contribution in [2.45, 2.75) is 4.90 Å². The van der Waals surface area contributed by atoms with Crippen molar-refractivity contribution in [3.05, 3.63) is 29.8 Å². The Bertz CT molecular complexity index is 264. The summed E-state index contributed by atoms with van der Waals surface area (Å²) in [5, 5.41) is -0.467. The first-order valence-corrected chi connectivity index (χ1v) is 3.52. The molecule has 0 saturated heterocycles. The van der Waals surface area contributed by atoms with Gasteiger partial charge in [0, 0.05) is 29.9 Å². The van der Waals surface area contributed by atoms with Crippen LogP contribution in [-0.4, -0.2) is 5.24 Å². The molecule has 0 aliphatic rings. The van der Waals surface area contributed by atoms with Crippen LogP contribution < -0.4 is 0 Å². The summed E-state index contributed by atoms with van der Waals surface area (Å²) in [6.07, 6.45) is 0. The minimum absolute atomic E-state index is 0. The minimum atomic E-state index is -0.467. The van der Waals surface area contributed by atoms with Crippen LogP contribution in [0.3, 0.4) is 0 Å². The Labute approximate surface area is 88.3 Å². The Hall–Kier alpha value is 0.153. The molecule has 1 nitrogen and oxygen atoms in total. The van der Waals surface area contributed by atoms with E-state index in [1.807, 2.05) is 0 Å². The number of carbonyl (C=O) groups excluding carboxylic acids is 1. The topological polar surface area (TPSA) is 17.1 Å². The number of thiol groups is 1. The van der Waals surface area contributed by atoms with E-state index in [1.54, 1.807) is 24.3 Å². The summed E-state index contributed by atoms with van der Waals surface area (Å²) in [6, 6.07) is 6.90. The number of carbonyl (C=O) groups is 1. The first-order chi connectivity index (χ1) is 4.72. The van der Waals surface area contributed by atoms with Gasteiger partial charge in [0.1, 0.15) is 0 Å². The fraction of sp³-hybridized carbons (Fsp3) is 0. The molecule has 0 saturated carbocycles. The molecule has 11 heavy (non-hydrogen) atoms. The van der Waals surface area contributed by atoms with E-state index in [0.717, 1.165) is 0 Å². The number of benzene rings is 1. The third kappa shape index (κ3) is 2.94. The molecule has 0 heterocycles. The third-order valence-corrected chi connectivity index (χ3v) is 1.71. The van der Waals surface area contributed by atoms with E-state index in [-0.39, 0.29) is 19.5 Å². The SMILES string of the molecule is O=C(Cl)c1ccccc1S.[Zn]. The molecule has 0 aromatic heterocycles. The maximum absolute atomic E-state index is 10.6. The molecule has 0 N–H and O–H groups in total. The molecule has 0 radical (unpaired) electrons. The predicted molar refractivity (Wildman–Crippen MR) is 43.9 cm³/mol. The van der Waals surface area contributed by atoms with Crippen LogP contribution in [-0.2, 0) is 19.5 Å². The van der Waals surface area contributed by atoms with Crippen LogP contribution in [0, 0.1) is 0 Å². The Balaban J connectivity index is 0.000001000. The van der Waals surface area contributed by atoms with Gasteiger partial charge in [0.05, 0.1) is 0 Å². The zero-order valence-electron chi connectivity index (χ0n) is 5.75. The van der Waals surface area contributed by atoms with E-state index < -0.39 is 5.24 Å². The summed E-state index contributed by atoms with van der Waals surface area (Å²) in [4.78, 5) is 11.2. The normalized spacial score (nSPS) is 8.55. The van der Waals surface area contributed by atoms with Gasteiger partial charge in [-0.2, -0.15) is 0 Å². The molecule has 1 aromatic rings. The van der Waals surface area contributed by atoms with Crippen molar-refractivity contribution in [3.8, 4) is 0 Å². The third-order valence-electron chi connectivity index (χ3n) is 1.12. The molecule has 1 aromatic carbocycles. The van der Waals surface area contributed by atoms with Gasteiger partial charge in [0.2, 0.25) is 0 Å². The van der Waals surface area contributed by atoms with Gasteiger partial charge >= 0.3 is 0 Å². The number of hydrogen-bond acceptors (Lipinski definition) is 2. The van der Waals surface area contributed by atoms with Gasteiger partial charge in [-0.25, -0.2) is 0 Å². The average Bonchev–Trinajstić information content (AvgIpc) is 1.88. The van der Waals surface area contributed by atoms with Crippen LogP contribution in [0.15, 0.2) is 29.2 Å². The molecule has 1 rings (SSSR count). The summed E-state index contributed by atoms with van der Waals surface area (Å²) < 4.78 is 0. The first kappa shape index (κ1) is 11.2. The maximum atomic E-state index is 10.6. The number of hydrogen-bond donors (Lipinski definition) is 1. The van der Waals surface area contributed by atoms with Crippen molar-refractivity contribution in [2.24, 2.45) is 0 Å². The second kappa shape index (κ2) is 4.92. The van der Waals surface area contributed by atoms with Crippen LogP contribution in [0.2, 0.25) is 0 Å². The Kier molecular flexibility index (Phi) is 4.99. The second-order valence-corrected chi connectivity index (χ2v) is 2.62. The molecule has 0 spiro atoms. The standard InChI is InChI=1S/C7H5ClOS.Zn/c8-7(9)5-3-1-2-4-6(5)10;/h1-4,10H;. The molecule has 4 heteroatoms. The maximum Gasteiger partial charge on any atom is 0.253 e. The van der Waals surface area contributed by atoms with E-state index in [2.05, 4.69) is 12.6 Å². The van der Waals surface area contributed by atoms with E-state index >= 15 is 0 Å². The van der Waals surface area contributed by atoms with Crippen molar-refractivity contribution in [1.82, 2.24) is 0 Å². The van der Waals surface area contributed by atoms with Gasteiger partial charge < -0.3 is 0 Å². The second-order valence-electron chi connectivity index (χ2n) is 1.79. The molecule has 0 fully saturated rings. The summed E-state index contributed by atoms with van der Waals surface area (Å²) in [7, 11) is 0. The van der Waals surface area contributed by atoms with Crippen molar-refractivity contribution in [3.63, 3.8) is 0 Å². The van der Waals surface area contributed by atoms with E-state index in [4.69, 9.17) is 11.6 Å². The molecule has 54 valence electrons. The number of halogens is 1. The van der Waals surface area contributed by atoms with E-state index in [9.17, 15) is 4.79 Å². The minimum Gasteiger partial charge on any atom is -0.276 e. The van der Waals surface area contributed by atoms with Gasteiger partial charge in [0.15, 0.2) is 0 Å². The van der Waals surface area contributed by atoms with E-state index in [0.29, 0.717) is 10.5 Å². The van der Waals surface area contributed by atoms with Crippen LogP contribution in [0.4, 0.5) is 0 Å². The average molecular weight is 238 g/mol. The van der Waals surface area contributed by atoms with Crippen LogP contribution in [0.5, 0.6) is 0 Å². The van der Waals surface area contributed by atoms with Crippen LogP contribution in [0.25, 0.3) is 0 Å². The van der Waals surface area contributed by atoms with Crippen LogP contribution in [0.1, 0.15) is 10.4 Å². The van der Waals surface area contributed by atoms with Gasteiger partial charge in [-0.05, 0) is 23.7 Å². The van der Waals surface area contributed by atoms with Crippen molar-refractivity contribution in [1.29, 1.82) is 0 Å². The zero-order valence-corrected chi connectivity index (χ0v) is 10.4.